The molecule has 0 radical (unpaired) electrons. The zero-order valence-electron chi connectivity index (χ0n) is 8.40. The van der Waals surface area contributed by atoms with Gasteiger partial charge in [0.2, 0.25) is 0 Å². The van der Waals surface area contributed by atoms with Gasteiger partial charge in [0.05, 0.1) is 6.10 Å². The van der Waals surface area contributed by atoms with Crippen molar-refractivity contribution in [3.05, 3.63) is 35.9 Å². The van der Waals surface area contributed by atoms with Crippen LogP contribution in [0.4, 0.5) is 0 Å². The van der Waals surface area contributed by atoms with Crippen molar-refractivity contribution in [3.8, 4) is 0 Å². The van der Waals surface area contributed by atoms with Crippen LogP contribution in [0.2, 0.25) is 0 Å². The fourth-order valence-corrected chi connectivity index (χ4v) is 1.44. The van der Waals surface area contributed by atoms with Gasteiger partial charge in [-0.25, -0.2) is 0 Å². The maximum Gasteiger partial charge on any atom is 0.0512 e. The Hall–Kier alpha value is -0.820. The maximum atomic E-state index is 9.15. The van der Waals surface area contributed by atoms with Crippen LogP contribution < -0.4 is 0 Å². The van der Waals surface area contributed by atoms with Crippen molar-refractivity contribution >= 4 is 0 Å². The first-order chi connectivity index (χ1) is 6.20. The third-order valence-electron chi connectivity index (χ3n) is 2.39. The van der Waals surface area contributed by atoms with Crippen molar-refractivity contribution in [1.29, 1.82) is 0 Å². The highest BCUT2D eigenvalue weighted by molar-refractivity contribution is 5.18. The van der Waals surface area contributed by atoms with Crippen molar-refractivity contribution < 1.29 is 5.11 Å². The van der Waals surface area contributed by atoms with Crippen molar-refractivity contribution in [2.75, 3.05) is 0 Å². The molecule has 0 aliphatic heterocycles. The van der Waals surface area contributed by atoms with Crippen LogP contribution in [-0.4, -0.2) is 11.2 Å². The Kier molecular flexibility index (Phi) is 3.97. The largest absolute Gasteiger partial charge is 0.393 e. The molecule has 1 aromatic carbocycles. The summed E-state index contributed by atoms with van der Waals surface area (Å²) in [6, 6.07) is 10.5. The van der Waals surface area contributed by atoms with Crippen LogP contribution in [0.5, 0.6) is 0 Å². The molecule has 0 saturated carbocycles. The average molecular weight is 178 g/mol. The van der Waals surface area contributed by atoms with Gasteiger partial charge in [-0.3, -0.25) is 0 Å². The zero-order valence-corrected chi connectivity index (χ0v) is 8.40. The Morgan fingerprint density at radius 1 is 1.08 bits per heavy atom. The number of benzene rings is 1. The second-order valence-electron chi connectivity index (χ2n) is 3.74. The lowest BCUT2D eigenvalue weighted by molar-refractivity contribution is 0.179. The van der Waals surface area contributed by atoms with Gasteiger partial charge in [-0.2, -0.15) is 0 Å². The van der Waals surface area contributed by atoms with Gasteiger partial charge in [-0.1, -0.05) is 37.3 Å². The van der Waals surface area contributed by atoms with Crippen molar-refractivity contribution in [2.45, 2.75) is 38.7 Å². The van der Waals surface area contributed by atoms with Crippen LogP contribution in [0.1, 0.15) is 38.2 Å². The van der Waals surface area contributed by atoms with E-state index in [1.165, 1.54) is 5.56 Å². The lowest BCUT2D eigenvalue weighted by atomic mass is 9.95. The second-order valence-corrected chi connectivity index (χ2v) is 3.74. The van der Waals surface area contributed by atoms with Crippen LogP contribution >= 0.6 is 0 Å². The topological polar surface area (TPSA) is 20.2 Å². The van der Waals surface area contributed by atoms with Crippen LogP contribution in [-0.2, 0) is 0 Å². The van der Waals surface area contributed by atoms with E-state index in [1.54, 1.807) is 0 Å². The van der Waals surface area contributed by atoms with Crippen molar-refractivity contribution in [3.63, 3.8) is 0 Å². The van der Waals surface area contributed by atoms with Gasteiger partial charge in [0.1, 0.15) is 0 Å². The number of hydrogen-bond acceptors (Lipinski definition) is 1. The average Bonchev–Trinajstić information content (AvgIpc) is 2.15. The third kappa shape index (κ3) is 3.60. The van der Waals surface area contributed by atoms with Crippen molar-refractivity contribution in [1.82, 2.24) is 0 Å². The second kappa shape index (κ2) is 5.03. The molecule has 13 heavy (non-hydrogen) atoms. The lowest BCUT2D eigenvalue weighted by Gasteiger charge is -2.12. The number of hydrogen-bond donors (Lipinski definition) is 1. The minimum atomic E-state index is -0.175. The maximum absolute atomic E-state index is 9.15. The number of rotatable bonds is 4. The highest BCUT2D eigenvalue weighted by Crippen LogP contribution is 2.20. The summed E-state index contributed by atoms with van der Waals surface area (Å²) in [5, 5.41) is 9.15. The summed E-state index contributed by atoms with van der Waals surface area (Å²) < 4.78 is 0. The Balaban J connectivity index is 2.44. The zero-order chi connectivity index (χ0) is 9.68. The molecule has 1 rings (SSSR count). The molecule has 0 bridgehead atoms. The molecule has 0 aliphatic rings. The molecule has 0 aliphatic carbocycles. The summed E-state index contributed by atoms with van der Waals surface area (Å²) in [7, 11) is 0. The van der Waals surface area contributed by atoms with Crippen LogP contribution in [0.15, 0.2) is 30.3 Å². The molecule has 0 fully saturated rings. The fraction of sp³-hybridized carbons (Fsp3) is 0.500. The normalized spacial score (nSPS) is 15.3. The van der Waals surface area contributed by atoms with E-state index in [1.807, 2.05) is 13.0 Å². The summed E-state index contributed by atoms with van der Waals surface area (Å²) >= 11 is 0. The molecular formula is C12H18O. The van der Waals surface area contributed by atoms with Crippen LogP contribution in [0.3, 0.4) is 0 Å². The minimum absolute atomic E-state index is 0.175. The first-order valence-corrected chi connectivity index (χ1v) is 4.93. The van der Waals surface area contributed by atoms with Crippen molar-refractivity contribution in [2.24, 2.45) is 0 Å². The standard InChI is InChI=1S/C12H18O/c1-10(8-9-11(2)13)12-6-4-3-5-7-12/h3-7,10-11,13H,8-9H2,1-2H3/t10?,11-/m0/s1. The molecule has 1 aromatic rings. The van der Waals surface area contributed by atoms with E-state index in [9.17, 15) is 0 Å². The molecule has 0 heterocycles. The first-order valence-electron chi connectivity index (χ1n) is 4.93. The molecule has 0 aromatic heterocycles. The van der Waals surface area contributed by atoms with E-state index < -0.39 is 0 Å². The van der Waals surface area contributed by atoms with E-state index in [2.05, 4.69) is 31.2 Å². The molecule has 1 N–H and O–H groups in total. The molecule has 0 saturated heterocycles. The monoisotopic (exact) mass is 178 g/mol. The highest BCUT2D eigenvalue weighted by Gasteiger charge is 2.05. The Bertz CT molecular complexity index is 228. The van der Waals surface area contributed by atoms with Crippen LogP contribution in [0, 0.1) is 0 Å². The van der Waals surface area contributed by atoms with E-state index >= 15 is 0 Å². The van der Waals surface area contributed by atoms with Gasteiger partial charge in [-0.05, 0) is 31.2 Å². The number of aliphatic hydroxyl groups is 1. The fourth-order valence-electron chi connectivity index (χ4n) is 1.44. The quantitative estimate of drug-likeness (QED) is 0.751. The lowest BCUT2D eigenvalue weighted by Crippen LogP contribution is -2.02. The molecule has 0 amide bonds. The van der Waals surface area contributed by atoms with E-state index in [0.717, 1.165) is 12.8 Å². The van der Waals surface area contributed by atoms with Gasteiger partial charge < -0.3 is 5.11 Å². The summed E-state index contributed by atoms with van der Waals surface area (Å²) in [5.41, 5.74) is 1.36. The molecular weight excluding hydrogens is 160 g/mol. The molecule has 2 atom stereocenters. The summed E-state index contributed by atoms with van der Waals surface area (Å²) in [6.45, 7) is 4.05. The van der Waals surface area contributed by atoms with Gasteiger partial charge in [0.15, 0.2) is 0 Å². The van der Waals surface area contributed by atoms with Gasteiger partial charge in [-0.15, -0.1) is 0 Å². The predicted molar refractivity (Wildman–Crippen MR) is 55.8 cm³/mol. The highest BCUT2D eigenvalue weighted by atomic mass is 16.3. The molecule has 72 valence electrons. The Morgan fingerprint density at radius 3 is 2.23 bits per heavy atom. The Morgan fingerprint density at radius 2 is 1.69 bits per heavy atom. The minimum Gasteiger partial charge on any atom is -0.393 e. The van der Waals surface area contributed by atoms with Gasteiger partial charge >= 0.3 is 0 Å². The molecule has 1 unspecified atom stereocenters. The predicted octanol–water partition coefficient (Wildman–Crippen LogP) is 2.95. The summed E-state index contributed by atoms with van der Waals surface area (Å²) in [6.07, 6.45) is 1.77. The van der Waals surface area contributed by atoms with Gasteiger partial charge in [0.25, 0.3) is 0 Å². The Labute approximate surface area is 80.4 Å². The third-order valence-corrected chi connectivity index (χ3v) is 2.39. The molecule has 1 nitrogen and oxygen atoms in total. The number of aliphatic hydroxyl groups excluding tert-OH is 1. The van der Waals surface area contributed by atoms with Crippen LogP contribution in [0.25, 0.3) is 0 Å². The first kappa shape index (κ1) is 10.3. The SMILES string of the molecule is CC(CC[C@H](C)O)c1ccccc1. The van der Waals surface area contributed by atoms with E-state index in [4.69, 9.17) is 5.11 Å². The molecule has 0 spiro atoms. The van der Waals surface area contributed by atoms with Gasteiger partial charge in [0, 0.05) is 0 Å². The summed E-state index contributed by atoms with van der Waals surface area (Å²) in [5.74, 6) is 0.552. The smallest absolute Gasteiger partial charge is 0.0512 e. The van der Waals surface area contributed by atoms with E-state index in [0.29, 0.717) is 5.92 Å². The summed E-state index contributed by atoms with van der Waals surface area (Å²) in [4.78, 5) is 0. The van der Waals surface area contributed by atoms with E-state index in [-0.39, 0.29) is 6.10 Å². The molecule has 1 heteroatoms.